The Balaban J connectivity index is 2.38. The molecule has 0 bridgehead atoms. The topological polar surface area (TPSA) is 86.8 Å². The van der Waals surface area contributed by atoms with E-state index in [-0.39, 0.29) is 17.3 Å². The highest BCUT2D eigenvalue weighted by Gasteiger charge is 2.29. The van der Waals surface area contributed by atoms with Gasteiger partial charge in [0.05, 0.1) is 17.0 Å². The average molecular weight is 456 g/mol. The summed E-state index contributed by atoms with van der Waals surface area (Å²) in [5, 5.41) is 2.22. The van der Waals surface area contributed by atoms with Crippen LogP contribution in [0.15, 0.2) is 48.5 Å². The maximum Gasteiger partial charge on any atom is 0.244 e. The van der Waals surface area contributed by atoms with Crippen molar-refractivity contribution >= 4 is 39.1 Å². The van der Waals surface area contributed by atoms with Crippen molar-refractivity contribution < 1.29 is 22.4 Å². The molecule has 7 nitrogen and oxygen atoms in total. The molecule has 0 saturated carbocycles. The molecule has 0 aliphatic rings. The zero-order chi connectivity index (χ0) is 22.5. The van der Waals surface area contributed by atoms with E-state index in [1.807, 2.05) is 6.07 Å². The third-order valence-corrected chi connectivity index (χ3v) is 5.91. The summed E-state index contributed by atoms with van der Waals surface area (Å²) in [6, 6.07) is 11.5. The van der Waals surface area contributed by atoms with Crippen molar-refractivity contribution in [1.82, 2.24) is 10.2 Å². The van der Waals surface area contributed by atoms with E-state index in [0.29, 0.717) is 0 Å². The third-order valence-electron chi connectivity index (χ3n) is 4.48. The van der Waals surface area contributed by atoms with Crippen molar-refractivity contribution in [3.63, 3.8) is 0 Å². The lowest BCUT2D eigenvalue weighted by Crippen LogP contribution is -2.50. The van der Waals surface area contributed by atoms with Gasteiger partial charge in [-0.15, -0.1) is 0 Å². The first kappa shape index (κ1) is 23.6. The summed E-state index contributed by atoms with van der Waals surface area (Å²) in [5.41, 5.74) is 0.821. The Hall–Kier alpha value is -2.65. The van der Waals surface area contributed by atoms with Crippen LogP contribution in [0.1, 0.15) is 12.5 Å². The van der Waals surface area contributed by atoms with E-state index in [1.54, 1.807) is 31.2 Å². The van der Waals surface area contributed by atoms with Gasteiger partial charge in [0.2, 0.25) is 21.8 Å². The van der Waals surface area contributed by atoms with Crippen LogP contribution in [-0.4, -0.2) is 51.0 Å². The Kier molecular flexibility index (Phi) is 7.80. The first-order valence-electron chi connectivity index (χ1n) is 9.02. The minimum atomic E-state index is -3.90. The van der Waals surface area contributed by atoms with Gasteiger partial charge in [0.1, 0.15) is 18.4 Å². The number of carbonyl (C=O) groups excluding carboxylic acids is 2. The van der Waals surface area contributed by atoms with Crippen molar-refractivity contribution in [2.45, 2.75) is 19.5 Å². The molecule has 0 spiro atoms. The predicted molar refractivity (Wildman–Crippen MR) is 114 cm³/mol. The van der Waals surface area contributed by atoms with E-state index in [9.17, 15) is 22.4 Å². The highest BCUT2D eigenvalue weighted by Crippen LogP contribution is 2.25. The molecular formula is C20H23ClFN3O4S. The molecule has 1 N–H and O–H groups in total. The van der Waals surface area contributed by atoms with Crippen molar-refractivity contribution in [2.75, 3.05) is 24.2 Å². The molecule has 2 aromatic carbocycles. The second kappa shape index (κ2) is 9.90. The predicted octanol–water partition coefficient (Wildman–Crippen LogP) is 2.41. The van der Waals surface area contributed by atoms with Crippen LogP contribution >= 0.6 is 11.6 Å². The summed E-state index contributed by atoms with van der Waals surface area (Å²) in [6.07, 6.45) is 0.932. The summed E-state index contributed by atoms with van der Waals surface area (Å²) in [4.78, 5) is 26.6. The van der Waals surface area contributed by atoms with Gasteiger partial charge in [-0.25, -0.2) is 12.8 Å². The maximum atomic E-state index is 13.5. The molecule has 2 aromatic rings. The van der Waals surface area contributed by atoms with Crippen LogP contribution in [0.4, 0.5) is 10.1 Å². The monoisotopic (exact) mass is 455 g/mol. The van der Waals surface area contributed by atoms with Gasteiger partial charge >= 0.3 is 0 Å². The number of hydrogen-bond acceptors (Lipinski definition) is 4. The lowest BCUT2D eigenvalue weighted by atomic mass is 10.1. The van der Waals surface area contributed by atoms with E-state index in [4.69, 9.17) is 11.6 Å². The van der Waals surface area contributed by atoms with E-state index in [2.05, 4.69) is 5.32 Å². The molecule has 1 atom stereocenters. The molecule has 2 amide bonds. The van der Waals surface area contributed by atoms with Gasteiger partial charge in [-0.05, 0) is 30.7 Å². The number of nitrogens with zero attached hydrogens (tertiary/aromatic N) is 2. The van der Waals surface area contributed by atoms with Crippen molar-refractivity contribution in [3.8, 4) is 0 Å². The SMILES string of the molecule is CNC(=O)[C@@H](C)N(Cc1ccccc1)C(=O)CN(c1ccc(F)c(Cl)c1)S(C)(=O)=O. The lowest BCUT2D eigenvalue weighted by Gasteiger charge is -2.31. The second-order valence-electron chi connectivity index (χ2n) is 6.67. The van der Waals surface area contributed by atoms with Gasteiger partial charge in [-0.2, -0.15) is 0 Å². The average Bonchev–Trinajstić information content (AvgIpc) is 2.71. The van der Waals surface area contributed by atoms with E-state index in [0.717, 1.165) is 28.3 Å². The molecule has 2 rings (SSSR count). The molecule has 0 fully saturated rings. The third kappa shape index (κ3) is 5.93. The van der Waals surface area contributed by atoms with Crippen LogP contribution in [-0.2, 0) is 26.2 Å². The molecule has 30 heavy (non-hydrogen) atoms. The molecule has 0 aliphatic heterocycles. The van der Waals surface area contributed by atoms with Gasteiger partial charge in [0.25, 0.3) is 0 Å². The number of nitrogens with one attached hydrogen (secondary N) is 1. The van der Waals surface area contributed by atoms with Crippen LogP contribution in [0.25, 0.3) is 0 Å². The molecule has 0 saturated heterocycles. The van der Waals surface area contributed by atoms with Gasteiger partial charge in [-0.3, -0.25) is 13.9 Å². The van der Waals surface area contributed by atoms with E-state index < -0.39 is 40.2 Å². The Morgan fingerprint density at radius 3 is 2.33 bits per heavy atom. The van der Waals surface area contributed by atoms with Crippen LogP contribution in [0.3, 0.4) is 0 Å². The van der Waals surface area contributed by atoms with Crippen LogP contribution in [0.5, 0.6) is 0 Å². The Morgan fingerprint density at radius 1 is 1.17 bits per heavy atom. The van der Waals surface area contributed by atoms with Crippen LogP contribution in [0.2, 0.25) is 5.02 Å². The lowest BCUT2D eigenvalue weighted by molar-refractivity contribution is -0.139. The molecule has 0 unspecified atom stereocenters. The number of anilines is 1. The number of amides is 2. The van der Waals surface area contributed by atoms with Crippen LogP contribution in [0, 0.1) is 5.82 Å². The molecule has 0 radical (unpaired) electrons. The fourth-order valence-electron chi connectivity index (χ4n) is 2.83. The second-order valence-corrected chi connectivity index (χ2v) is 8.98. The molecular weight excluding hydrogens is 433 g/mol. The minimum absolute atomic E-state index is 0.0458. The minimum Gasteiger partial charge on any atom is -0.357 e. The van der Waals surface area contributed by atoms with E-state index in [1.165, 1.54) is 18.0 Å². The van der Waals surface area contributed by atoms with Crippen LogP contribution < -0.4 is 9.62 Å². The van der Waals surface area contributed by atoms with Gasteiger partial charge < -0.3 is 10.2 Å². The molecule has 0 heterocycles. The largest absolute Gasteiger partial charge is 0.357 e. The quantitative estimate of drug-likeness (QED) is 0.662. The molecule has 10 heteroatoms. The highest BCUT2D eigenvalue weighted by atomic mass is 35.5. The van der Waals surface area contributed by atoms with Gasteiger partial charge in [0, 0.05) is 13.6 Å². The Bertz CT molecular complexity index is 1020. The standard InChI is InChI=1S/C20H23ClFN3O4S/c1-14(20(27)23-2)24(12-15-7-5-4-6-8-15)19(26)13-25(30(3,28)29)16-9-10-18(22)17(21)11-16/h4-11,14H,12-13H2,1-3H3,(H,23,27)/t14-/m1/s1. The smallest absolute Gasteiger partial charge is 0.244 e. The fraction of sp³-hybridized carbons (Fsp3) is 0.300. The number of hydrogen-bond donors (Lipinski definition) is 1. The number of rotatable bonds is 8. The summed E-state index contributed by atoms with van der Waals surface area (Å²) >= 11 is 5.78. The number of sulfonamides is 1. The number of benzene rings is 2. The van der Waals surface area contributed by atoms with E-state index >= 15 is 0 Å². The van der Waals surface area contributed by atoms with Crippen molar-refractivity contribution in [2.24, 2.45) is 0 Å². The van der Waals surface area contributed by atoms with Gasteiger partial charge in [-0.1, -0.05) is 41.9 Å². The number of carbonyl (C=O) groups is 2. The maximum absolute atomic E-state index is 13.5. The molecule has 0 aliphatic carbocycles. The normalized spacial score (nSPS) is 12.2. The summed E-state index contributed by atoms with van der Waals surface area (Å²) in [5.74, 6) is -1.70. The van der Waals surface area contributed by atoms with Crippen molar-refractivity contribution in [1.29, 1.82) is 0 Å². The molecule has 0 aromatic heterocycles. The first-order chi connectivity index (χ1) is 14.0. The van der Waals surface area contributed by atoms with Gasteiger partial charge in [0.15, 0.2) is 0 Å². The summed E-state index contributed by atoms with van der Waals surface area (Å²) in [6.45, 7) is 1.09. The zero-order valence-electron chi connectivity index (χ0n) is 16.8. The summed E-state index contributed by atoms with van der Waals surface area (Å²) < 4.78 is 39.0. The Labute approximate surface area is 180 Å². The Morgan fingerprint density at radius 2 is 1.80 bits per heavy atom. The fourth-order valence-corrected chi connectivity index (χ4v) is 3.84. The zero-order valence-corrected chi connectivity index (χ0v) is 18.4. The number of likely N-dealkylation sites (N-methyl/N-ethyl adjacent to an activating group) is 1. The summed E-state index contributed by atoms with van der Waals surface area (Å²) in [7, 11) is -2.44. The first-order valence-corrected chi connectivity index (χ1v) is 11.2. The molecule has 162 valence electrons. The number of halogens is 2. The van der Waals surface area contributed by atoms with Crippen molar-refractivity contribution in [3.05, 3.63) is 64.9 Å². The highest BCUT2D eigenvalue weighted by molar-refractivity contribution is 7.92.